The van der Waals surface area contributed by atoms with Gasteiger partial charge in [-0.1, -0.05) is 30.3 Å². The minimum Gasteiger partial charge on any atom is -0.497 e. The molecule has 3 aromatic carbocycles. The van der Waals surface area contributed by atoms with Gasteiger partial charge in [0, 0.05) is 33.6 Å². The molecular formula is C22H18N2O2. The summed E-state index contributed by atoms with van der Waals surface area (Å²) in [6.07, 6.45) is 3.31. The number of anilines is 1. The average Bonchev–Trinajstić information content (AvgIpc) is 3.05. The molecule has 0 spiro atoms. The van der Waals surface area contributed by atoms with Crippen LogP contribution in [0.3, 0.4) is 0 Å². The standard InChI is InChI=1S/C22H18N2O2/c1-26-17-10-6-15(7-11-17)8-13-22(25)23-16-9-12-21-19(14-16)18-4-2-3-5-20(18)24-21/h2-14,24H,1H3,(H,23,25)/b13-8+. The summed E-state index contributed by atoms with van der Waals surface area (Å²) in [5.74, 6) is 0.624. The number of benzene rings is 3. The molecule has 0 fully saturated rings. The highest BCUT2D eigenvalue weighted by atomic mass is 16.5. The molecule has 4 heteroatoms. The van der Waals surface area contributed by atoms with Gasteiger partial charge in [0.25, 0.3) is 0 Å². The van der Waals surface area contributed by atoms with Crippen LogP contribution in [0.25, 0.3) is 27.9 Å². The number of carbonyl (C=O) groups is 1. The second kappa shape index (κ2) is 6.76. The number of ether oxygens (including phenoxy) is 1. The maximum absolute atomic E-state index is 12.2. The van der Waals surface area contributed by atoms with E-state index in [1.165, 1.54) is 6.08 Å². The first-order valence-electron chi connectivity index (χ1n) is 8.36. The zero-order valence-electron chi connectivity index (χ0n) is 14.3. The van der Waals surface area contributed by atoms with Crippen molar-refractivity contribution in [3.05, 3.63) is 78.4 Å². The molecule has 0 saturated carbocycles. The van der Waals surface area contributed by atoms with E-state index in [0.717, 1.165) is 38.8 Å². The lowest BCUT2D eigenvalue weighted by atomic mass is 10.1. The second-order valence-electron chi connectivity index (χ2n) is 6.03. The fourth-order valence-electron chi connectivity index (χ4n) is 3.00. The molecule has 0 radical (unpaired) electrons. The third-order valence-corrected chi connectivity index (χ3v) is 4.32. The van der Waals surface area contributed by atoms with Crippen LogP contribution in [-0.2, 0) is 4.79 Å². The number of para-hydroxylation sites is 1. The monoisotopic (exact) mass is 342 g/mol. The molecule has 1 heterocycles. The Hall–Kier alpha value is -3.53. The molecule has 26 heavy (non-hydrogen) atoms. The minimum atomic E-state index is -0.167. The normalized spacial score (nSPS) is 11.3. The molecule has 2 N–H and O–H groups in total. The summed E-state index contributed by atoms with van der Waals surface area (Å²) in [5, 5.41) is 5.16. The quantitative estimate of drug-likeness (QED) is 0.514. The number of hydrogen-bond acceptors (Lipinski definition) is 2. The molecule has 0 aliphatic heterocycles. The number of aromatic amines is 1. The van der Waals surface area contributed by atoms with E-state index in [1.54, 1.807) is 13.2 Å². The summed E-state index contributed by atoms with van der Waals surface area (Å²) in [5.41, 5.74) is 3.85. The first-order chi connectivity index (χ1) is 12.7. The fourth-order valence-corrected chi connectivity index (χ4v) is 3.00. The maximum atomic E-state index is 12.2. The zero-order chi connectivity index (χ0) is 17.9. The lowest BCUT2D eigenvalue weighted by Crippen LogP contribution is -2.07. The smallest absolute Gasteiger partial charge is 0.248 e. The molecule has 4 nitrogen and oxygen atoms in total. The lowest BCUT2D eigenvalue weighted by Gasteiger charge is -2.03. The number of aromatic nitrogens is 1. The van der Waals surface area contributed by atoms with Gasteiger partial charge < -0.3 is 15.0 Å². The Bertz CT molecular complexity index is 1110. The van der Waals surface area contributed by atoms with Crippen molar-refractivity contribution in [3.8, 4) is 5.75 Å². The number of rotatable bonds is 4. The number of nitrogens with one attached hydrogen (secondary N) is 2. The van der Waals surface area contributed by atoms with Gasteiger partial charge in [0.1, 0.15) is 5.75 Å². The second-order valence-corrected chi connectivity index (χ2v) is 6.03. The van der Waals surface area contributed by atoms with Crippen molar-refractivity contribution in [1.82, 2.24) is 4.98 Å². The van der Waals surface area contributed by atoms with Gasteiger partial charge in [0.2, 0.25) is 5.91 Å². The van der Waals surface area contributed by atoms with E-state index in [-0.39, 0.29) is 5.91 Å². The Morgan fingerprint density at radius 1 is 0.962 bits per heavy atom. The van der Waals surface area contributed by atoms with Crippen LogP contribution >= 0.6 is 0 Å². The van der Waals surface area contributed by atoms with Crippen LogP contribution in [0.1, 0.15) is 5.56 Å². The molecular weight excluding hydrogens is 324 g/mol. The highest BCUT2D eigenvalue weighted by Gasteiger charge is 2.05. The van der Waals surface area contributed by atoms with Crippen molar-refractivity contribution in [3.63, 3.8) is 0 Å². The van der Waals surface area contributed by atoms with Crippen LogP contribution in [0.2, 0.25) is 0 Å². The van der Waals surface area contributed by atoms with Crippen molar-refractivity contribution in [2.45, 2.75) is 0 Å². The Morgan fingerprint density at radius 2 is 1.73 bits per heavy atom. The zero-order valence-corrected chi connectivity index (χ0v) is 14.3. The topological polar surface area (TPSA) is 54.1 Å². The molecule has 0 bridgehead atoms. The highest BCUT2D eigenvalue weighted by Crippen LogP contribution is 2.27. The predicted octanol–water partition coefficient (Wildman–Crippen LogP) is 4.98. The summed E-state index contributed by atoms with van der Waals surface area (Å²) in [7, 11) is 1.63. The molecule has 1 aromatic heterocycles. The Labute approximate surface area is 151 Å². The molecule has 4 rings (SSSR count). The van der Waals surface area contributed by atoms with Gasteiger partial charge in [-0.15, -0.1) is 0 Å². The molecule has 0 aliphatic rings. The van der Waals surface area contributed by atoms with E-state index in [2.05, 4.69) is 16.4 Å². The number of methoxy groups -OCH3 is 1. The van der Waals surface area contributed by atoms with Crippen molar-refractivity contribution in [2.75, 3.05) is 12.4 Å². The van der Waals surface area contributed by atoms with Crippen LogP contribution in [0.4, 0.5) is 5.69 Å². The van der Waals surface area contributed by atoms with Gasteiger partial charge >= 0.3 is 0 Å². The minimum absolute atomic E-state index is 0.167. The van der Waals surface area contributed by atoms with Gasteiger partial charge in [0.05, 0.1) is 7.11 Å². The van der Waals surface area contributed by atoms with E-state index < -0.39 is 0 Å². The van der Waals surface area contributed by atoms with E-state index in [9.17, 15) is 4.79 Å². The van der Waals surface area contributed by atoms with Crippen molar-refractivity contribution in [1.29, 1.82) is 0 Å². The van der Waals surface area contributed by atoms with E-state index >= 15 is 0 Å². The first-order valence-corrected chi connectivity index (χ1v) is 8.36. The van der Waals surface area contributed by atoms with Crippen LogP contribution in [0, 0.1) is 0 Å². The number of carbonyl (C=O) groups excluding carboxylic acids is 1. The summed E-state index contributed by atoms with van der Waals surface area (Å²) in [4.78, 5) is 15.6. The van der Waals surface area contributed by atoms with Crippen LogP contribution in [0.15, 0.2) is 72.8 Å². The van der Waals surface area contributed by atoms with Crippen molar-refractivity contribution in [2.24, 2.45) is 0 Å². The van der Waals surface area contributed by atoms with Gasteiger partial charge in [-0.3, -0.25) is 4.79 Å². The van der Waals surface area contributed by atoms with Crippen LogP contribution < -0.4 is 10.1 Å². The number of H-pyrrole nitrogens is 1. The van der Waals surface area contributed by atoms with Gasteiger partial charge in [0.15, 0.2) is 0 Å². The van der Waals surface area contributed by atoms with Crippen LogP contribution in [-0.4, -0.2) is 18.0 Å². The molecule has 0 saturated heterocycles. The highest BCUT2D eigenvalue weighted by molar-refractivity contribution is 6.10. The fraction of sp³-hybridized carbons (Fsp3) is 0.0455. The van der Waals surface area contributed by atoms with E-state index in [1.807, 2.05) is 60.7 Å². The molecule has 0 unspecified atom stereocenters. The molecule has 0 aliphatic carbocycles. The number of hydrogen-bond donors (Lipinski definition) is 2. The van der Waals surface area contributed by atoms with Crippen molar-refractivity contribution >= 4 is 39.5 Å². The lowest BCUT2D eigenvalue weighted by molar-refractivity contribution is -0.111. The summed E-state index contributed by atoms with van der Waals surface area (Å²) < 4.78 is 5.13. The molecule has 1 amide bonds. The third kappa shape index (κ3) is 3.17. The van der Waals surface area contributed by atoms with Crippen LogP contribution in [0.5, 0.6) is 5.75 Å². The predicted molar refractivity (Wildman–Crippen MR) is 106 cm³/mol. The van der Waals surface area contributed by atoms with Gasteiger partial charge in [-0.25, -0.2) is 0 Å². The summed E-state index contributed by atoms with van der Waals surface area (Å²) in [6.45, 7) is 0. The summed E-state index contributed by atoms with van der Waals surface area (Å²) >= 11 is 0. The van der Waals surface area contributed by atoms with Crippen molar-refractivity contribution < 1.29 is 9.53 Å². The Kier molecular flexibility index (Phi) is 4.15. The largest absolute Gasteiger partial charge is 0.497 e. The van der Waals surface area contributed by atoms with E-state index in [0.29, 0.717) is 0 Å². The molecule has 128 valence electrons. The SMILES string of the molecule is COc1ccc(/C=C/C(=O)Nc2ccc3[nH]c4ccccc4c3c2)cc1. The van der Waals surface area contributed by atoms with Gasteiger partial charge in [-0.2, -0.15) is 0 Å². The first kappa shape index (κ1) is 16.0. The number of fused-ring (bicyclic) bond motifs is 3. The third-order valence-electron chi connectivity index (χ3n) is 4.32. The maximum Gasteiger partial charge on any atom is 0.248 e. The van der Waals surface area contributed by atoms with E-state index in [4.69, 9.17) is 4.74 Å². The molecule has 0 atom stereocenters. The Balaban J connectivity index is 1.53. The summed E-state index contributed by atoms with van der Waals surface area (Å²) in [6, 6.07) is 21.5. The number of amides is 1. The Morgan fingerprint density at radius 3 is 2.54 bits per heavy atom. The molecule has 4 aromatic rings. The van der Waals surface area contributed by atoms with Gasteiger partial charge in [-0.05, 0) is 48.0 Å². The average molecular weight is 342 g/mol.